The minimum absolute atomic E-state index is 0.0719. The maximum Gasteiger partial charge on any atom is 0.306 e. The van der Waals surface area contributed by atoms with Gasteiger partial charge in [0.05, 0.1) is 0 Å². The van der Waals surface area contributed by atoms with Crippen molar-refractivity contribution in [3.05, 3.63) is 23.3 Å². The van der Waals surface area contributed by atoms with Crippen molar-refractivity contribution >= 4 is 17.8 Å². The van der Waals surface area contributed by atoms with Gasteiger partial charge in [-0.05, 0) is 127 Å². The number of ether oxygens (including phenoxy) is 2. The van der Waals surface area contributed by atoms with E-state index in [-0.39, 0.29) is 30.7 Å². The van der Waals surface area contributed by atoms with E-state index in [4.69, 9.17) is 9.47 Å². The molecule has 7 nitrogen and oxygen atoms in total. The second-order valence-electron chi connectivity index (χ2n) is 20.7. The van der Waals surface area contributed by atoms with E-state index < -0.39 is 0 Å². The molecule has 0 heterocycles. The van der Waals surface area contributed by atoms with E-state index in [9.17, 15) is 14.4 Å². The highest BCUT2D eigenvalue weighted by molar-refractivity contribution is 5.76. The summed E-state index contributed by atoms with van der Waals surface area (Å²) in [6.45, 7) is 25.5. The lowest BCUT2D eigenvalue weighted by Gasteiger charge is -2.23. The largest absolute Gasteiger partial charge is 0.461 e. The maximum atomic E-state index is 13.1. The highest BCUT2D eigenvalue weighted by Crippen LogP contribution is 2.24. The van der Waals surface area contributed by atoms with Crippen molar-refractivity contribution in [1.29, 1.82) is 0 Å². The Kier molecular flexibility index (Phi) is 37.0. The van der Waals surface area contributed by atoms with E-state index in [0.29, 0.717) is 45.6 Å². The molecule has 0 bridgehead atoms. The number of rotatable bonds is 40. The van der Waals surface area contributed by atoms with Gasteiger partial charge in [-0.3, -0.25) is 14.4 Å². The fourth-order valence-electron chi connectivity index (χ4n) is 8.21. The number of carbonyl (C=O) groups is 3. The summed E-state index contributed by atoms with van der Waals surface area (Å²) in [5, 5.41) is 0. The van der Waals surface area contributed by atoms with Gasteiger partial charge in [0.25, 0.3) is 0 Å². The summed E-state index contributed by atoms with van der Waals surface area (Å²) < 4.78 is 11.1. The number of amides is 1. The summed E-state index contributed by atoms with van der Waals surface area (Å²) in [6, 6.07) is 0. The van der Waals surface area contributed by atoms with Crippen LogP contribution in [0.25, 0.3) is 0 Å². The Balaban J connectivity index is 4.45. The Bertz CT molecular complexity index is 1080. The molecular formula is C54H102N2O5. The second-order valence-corrected chi connectivity index (χ2v) is 20.7. The van der Waals surface area contributed by atoms with Crippen LogP contribution < -0.4 is 0 Å². The fourth-order valence-corrected chi connectivity index (χ4v) is 8.21. The molecule has 7 heteroatoms. The van der Waals surface area contributed by atoms with Crippen LogP contribution in [0.2, 0.25) is 0 Å². The quantitative estimate of drug-likeness (QED) is 0.0451. The highest BCUT2D eigenvalue weighted by Gasteiger charge is 2.16. The Morgan fingerprint density at radius 1 is 0.426 bits per heavy atom. The molecule has 0 aromatic rings. The third-order valence-corrected chi connectivity index (χ3v) is 12.6. The lowest BCUT2D eigenvalue weighted by atomic mass is 9.91. The average molecular weight is 859 g/mol. The molecule has 0 N–H and O–H groups in total. The minimum atomic E-state index is -0.231. The summed E-state index contributed by atoms with van der Waals surface area (Å²) in [4.78, 5) is 42.2. The Morgan fingerprint density at radius 2 is 0.754 bits per heavy atom. The molecule has 0 aliphatic carbocycles. The summed E-state index contributed by atoms with van der Waals surface area (Å²) >= 11 is 0. The molecule has 0 aliphatic heterocycles. The van der Waals surface area contributed by atoms with Crippen LogP contribution in [0, 0.1) is 35.5 Å². The van der Waals surface area contributed by atoms with Gasteiger partial charge in [-0.2, -0.15) is 0 Å². The molecule has 1 amide bonds. The highest BCUT2D eigenvalue weighted by atomic mass is 16.5. The number of hydrogen-bond acceptors (Lipinski definition) is 6. The van der Waals surface area contributed by atoms with E-state index in [1.165, 1.54) is 114 Å². The van der Waals surface area contributed by atoms with Crippen LogP contribution in [-0.2, 0) is 23.9 Å². The number of hydrogen-bond donors (Lipinski definition) is 0. The van der Waals surface area contributed by atoms with Crippen LogP contribution in [0.15, 0.2) is 23.3 Å². The zero-order chi connectivity index (χ0) is 45.8. The number of carbonyl (C=O) groups excluding carboxylic acids is 3. The summed E-state index contributed by atoms with van der Waals surface area (Å²) in [6.07, 6.45) is 30.0. The molecule has 0 fully saturated rings. The van der Waals surface area contributed by atoms with Gasteiger partial charge >= 0.3 is 11.9 Å². The number of esters is 2. The minimum Gasteiger partial charge on any atom is -0.461 e. The molecule has 0 saturated carbocycles. The lowest BCUT2D eigenvalue weighted by Crippen LogP contribution is -2.34. The first kappa shape index (κ1) is 58.9. The van der Waals surface area contributed by atoms with Gasteiger partial charge in [-0.1, -0.05) is 156 Å². The van der Waals surface area contributed by atoms with Crippen LogP contribution in [0.4, 0.5) is 0 Å². The van der Waals surface area contributed by atoms with E-state index >= 15 is 0 Å². The zero-order valence-corrected chi connectivity index (χ0v) is 42.6. The summed E-state index contributed by atoms with van der Waals surface area (Å²) in [5.74, 6) is 4.44. The second kappa shape index (κ2) is 38.3. The molecule has 0 rings (SSSR count). The topological polar surface area (TPSA) is 76.1 Å². The van der Waals surface area contributed by atoms with Crippen LogP contribution in [0.1, 0.15) is 223 Å². The first-order chi connectivity index (χ1) is 29.0. The predicted molar refractivity (Wildman–Crippen MR) is 262 cm³/mol. The Morgan fingerprint density at radius 3 is 1.10 bits per heavy atom. The zero-order valence-electron chi connectivity index (χ0n) is 42.6. The van der Waals surface area contributed by atoms with Crippen molar-refractivity contribution in [2.75, 3.05) is 46.9 Å². The number of nitrogens with zero attached hydrogens (tertiary/aromatic N) is 2. The molecule has 0 aromatic carbocycles. The first-order valence-electron chi connectivity index (χ1n) is 25.5. The van der Waals surface area contributed by atoms with Crippen molar-refractivity contribution in [3.63, 3.8) is 0 Å². The van der Waals surface area contributed by atoms with Gasteiger partial charge in [0.1, 0.15) is 13.2 Å². The van der Waals surface area contributed by atoms with Gasteiger partial charge in [0.2, 0.25) is 5.91 Å². The number of allylic oxidation sites excluding steroid dienone is 2. The predicted octanol–water partition coefficient (Wildman–Crippen LogP) is 14.6. The molecule has 0 aromatic heterocycles. The molecule has 0 aliphatic rings. The first-order valence-corrected chi connectivity index (χ1v) is 25.5. The normalized spacial score (nSPS) is 14.4. The van der Waals surface area contributed by atoms with Crippen molar-refractivity contribution in [2.24, 2.45) is 35.5 Å². The maximum absolute atomic E-state index is 13.1. The van der Waals surface area contributed by atoms with Gasteiger partial charge in [0.15, 0.2) is 0 Å². The van der Waals surface area contributed by atoms with Crippen LogP contribution in [0.5, 0.6) is 0 Å². The average Bonchev–Trinajstić information content (AvgIpc) is 3.16. The van der Waals surface area contributed by atoms with Gasteiger partial charge < -0.3 is 19.3 Å². The smallest absolute Gasteiger partial charge is 0.306 e. The van der Waals surface area contributed by atoms with Crippen molar-refractivity contribution in [3.8, 4) is 0 Å². The standard InChI is InChI=1S/C54H102N2O5/c1-44(2)22-13-24-46(5)26-15-28-48(7)30-17-32-50(9)37-42-60-53(58)35-20-40-56(52(57)34-19-39-55(11)12)41-21-36-54(59)61-43-38-51(10)33-18-31-49(8)29-16-27-47(6)25-14-23-45(3)4/h37-38,44-49H,13-36,39-43H2,1-12H3/b50-37+,51-38+. The molecule has 358 valence electrons. The summed E-state index contributed by atoms with van der Waals surface area (Å²) in [5.41, 5.74) is 2.55. The third kappa shape index (κ3) is 39.2. The van der Waals surface area contributed by atoms with E-state index in [1.54, 1.807) is 0 Å². The van der Waals surface area contributed by atoms with Gasteiger partial charge in [-0.25, -0.2) is 0 Å². The molecule has 0 spiro atoms. The molecule has 0 radical (unpaired) electrons. The van der Waals surface area contributed by atoms with E-state index in [2.05, 4.69) is 74.1 Å². The third-order valence-electron chi connectivity index (χ3n) is 12.6. The molecule has 0 saturated heterocycles. The fraction of sp³-hybridized carbons (Fsp3) is 0.870. The lowest BCUT2D eigenvalue weighted by molar-refractivity contribution is -0.143. The van der Waals surface area contributed by atoms with Crippen molar-refractivity contribution in [2.45, 2.75) is 223 Å². The van der Waals surface area contributed by atoms with Gasteiger partial charge in [-0.15, -0.1) is 0 Å². The summed E-state index contributed by atoms with van der Waals surface area (Å²) in [7, 11) is 4.01. The van der Waals surface area contributed by atoms with Crippen molar-refractivity contribution < 1.29 is 23.9 Å². The van der Waals surface area contributed by atoms with Crippen LogP contribution in [-0.4, -0.2) is 74.6 Å². The molecule has 4 atom stereocenters. The Labute approximate surface area is 379 Å². The van der Waals surface area contributed by atoms with E-state index in [0.717, 1.165) is 61.3 Å². The van der Waals surface area contributed by atoms with E-state index in [1.807, 2.05) is 31.1 Å². The van der Waals surface area contributed by atoms with Crippen molar-refractivity contribution in [1.82, 2.24) is 9.80 Å². The molecule has 61 heavy (non-hydrogen) atoms. The van der Waals surface area contributed by atoms with Crippen LogP contribution >= 0.6 is 0 Å². The van der Waals surface area contributed by atoms with Crippen LogP contribution in [0.3, 0.4) is 0 Å². The monoisotopic (exact) mass is 859 g/mol. The SMILES string of the molecule is C/C(=C\COC(=O)CCCN(CCCC(=O)OC/C=C(\C)CCCC(C)CCCC(C)CCCC(C)C)C(=O)CCCN(C)C)CCCC(C)CCCC(C)CCCC(C)C. The molecule has 4 unspecified atom stereocenters. The molecular weight excluding hydrogens is 757 g/mol. The Hall–Kier alpha value is -2.15. The van der Waals surface area contributed by atoms with Gasteiger partial charge in [0, 0.05) is 32.4 Å².